The summed E-state index contributed by atoms with van der Waals surface area (Å²) >= 11 is 0. The van der Waals surface area contributed by atoms with Crippen LogP contribution in [0.1, 0.15) is 24.0 Å². The fourth-order valence-electron chi connectivity index (χ4n) is 3.89. The molecule has 1 N–H and O–H groups in total. The minimum Gasteiger partial charge on any atom is -0.479 e. The highest BCUT2D eigenvalue weighted by atomic mass is 16.6. The van der Waals surface area contributed by atoms with Crippen molar-refractivity contribution in [1.29, 1.82) is 0 Å². The molecule has 1 aliphatic carbocycles. The summed E-state index contributed by atoms with van der Waals surface area (Å²) in [6, 6.07) is 16.2. The van der Waals surface area contributed by atoms with E-state index >= 15 is 0 Å². The van der Waals surface area contributed by atoms with Crippen LogP contribution in [0.25, 0.3) is 11.1 Å². The summed E-state index contributed by atoms with van der Waals surface area (Å²) in [6.07, 6.45) is -0.620. The number of carboxylic acids is 1. The van der Waals surface area contributed by atoms with Gasteiger partial charge in [0.05, 0.1) is 13.2 Å². The maximum Gasteiger partial charge on any atom is 0.410 e. The number of rotatable bonds is 3. The normalized spacial score (nSPS) is 21.4. The van der Waals surface area contributed by atoms with Crippen LogP contribution in [0.2, 0.25) is 0 Å². The molecule has 4 rings (SSSR count). The van der Waals surface area contributed by atoms with Gasteiger partial charge in [-0.2, -0.15) is 0 Å². The topological polar surface area (TPSA) is 76.1 Å². The second kappa shape index (κ2) is 6.70. The van der Waals surface area contributed by atoms with Crippen LogP contribution in [-0.4, -0.2) is 54.0 Å². The molecule has 0 spiro atoms. The maximum absolute atomic E-state index is 12.7. The van der Waals surface area contributed by atoms with Crippen molar-refractivity contribution in [2.45, 2.75) is 18.4 Å². The van der Waals surface area contributed by atoms with Crippen molar-refractivity contribution in [2.24, 2.45) is 0 Å². The van der Waals surface area contributed by atoms with Gasteiger partial charge in [0.1, 0.15) is 6.61 Å². The first-order chi connectivity index (χ1) is 13.0. The van der Waals surface area contributed by atoms with Crippen molar-refractivity contribution in [2.75, 3.05) is 26.4 Å². The highest BCUT2D eigenvalue weighted by molar-refractivity contribution is 5.84. The molecule has 27 heavy (non-hydrogen) atoms. The van der Waals surface area contributed by atoms with Gasteiger partial charge in [0.2, 0.25) is 0 Å². The molecule has 2 aliphatic rings. The Hall–Kier alpha value is -2.86. The van der Waals surface area contributed by atoms with Gasteiger partial charge in [0.15, 0.2) is 5.54 Å². The fourth-order valence-corrected chi connectivity index (χ4v) is 3.89. The number of nitrogens with zero attached hydrogens (tertiary/aromatic N) is 1. The molecule has 1 heterocycles. The van der Waals surface area contributed by atoms with E-state index in [2.05, 4.69) is 12.1 Å². The van der Waals surface area contributed by atoms with Crippen molar-refractivity contribution in [3.8, 4) is 11.1 Å². The van der Waals surface area contributed by atoms with Crippen molar-refractivity contribution in [1.82, 2.24) is 4.90 Å². The Kier molecular flexibility index (Phi) is 4.36. The van der Waals surface area contributed by atoms with Crippen molar-refractivity contribution < 1.29 is 24.2 Å². The Balaban J connectivity index is 1.55. The molecule has 2 aromatic rings. The van der Waals surface area contributed by atoms with Crippen molar-refractivity contribution in [3.63, 3.8) is 0 Å². The van der Waals surface area contributed by atoms with Gasteiger partial charge < -0.3 is 14.6 Å². The lowest BCUT2D eigenvalue weighted by Gasteiger charge is -2.40. The Morgan fingerprint density at radius 3 is 2.33 bits per heavy atom. The minimum absolute atomic E-state index is 0.0491. The molecule has 1 atom stereocenters. The number of benzene rings is 2. The third kappa shape index (κ3) is 2.86. The SMILES string of the molecule is C[C@]1(C(=O)O)COCCN1C(=O)OCC1c2ccccc2-c2ccccc21. The van der Waals surface area contributed by atoms with Crippen LogP contribution in [0.5, 0.6) is 0 Å². The molecule has 1 aliphatic heterocycles. The lowest BCUT2D eigenvalue weighted by atomic mass is 9.98. The van der Waals surface area contributed by atoms with Crippen molar-refractivity contribution in [3.05, 3.63) is 59.7 Å². The predicted octanol–water partition coefficient (Wildman–Crippen LogP) is 3.11. The zero-order valence-corrected chi connectivity index (χ0v) is 15.1. The van der Waals surface area contributed by atoms with Gasteiger partial charge in [-0.25, -0.2) is 9.59 Å². The molecule has 0 aromatic heterocycles. The average molecular weight is 367 g/mol. The minimum atomic E-state index is -1.42. The van der Waals surface area contributed by atoms with Gasteiger partial charge in [-0.15, -0.1) is 0 Å². The summed E-state index contributed by atoms with van der Waals surface area (Å²) in [5, 5.41) is 9.53. The summed E-state index contributed by atoms with van der Waals surface area (Å²) in [6.45, 7) is 2.09. The largest absolute Gasteiger partial charge is 0.479 e. The zero-order valence-electron chi connectivity index (χ0n) is 15.1. The lowest BCUT2D eigenvalue weighted by Crippen LogP contribution is -2.61. The number of hydrogen-bond donors (Lipinski definition) is 1. The quantitative estimate of drug-likeness (QED) is 0.902. The van der Waals surface area contributed by atoms with Gasteiger partial charge in [0, 0.05) is 12.5 Å². The monoisotopic (exact) mass is 367 g/mol. The molecule has 0 saturated carbocycles. The maximum atomic E-state index is 12.7. The number of amides is 1. The Bertz CT molecular complexity index is 850. The standard InChI is InChI=1S/C21H21NO5/c1-21(19(23)24)13-26-11-10-22(21)20(25)27-12-18-16-8-4-2-6-14(16)15-7-3-5-9-17(15)18/h2-9,18H,10-13H2,1H3,(H,23,24)/t21-/m1/s1. The summed E-state index contributed by atoms with van der Waals surface area (Å²) in [7, 11) is 0. The van der Waals surface area contributed by atoms with Crippen LogP contribution in [-0.2, 0) is 14.3 Å². The van der Waals surface area contributed by atoms with Crippen LogP contribution < -0.4 is 0 Å². The third-order valence-electron chi connectivity index (χ3n) is 5.46. The molecule has 1 fully saturated rings. The predicted molar refractivity (Wildman–Crippen MR) is 98.6 cm³/mol. The summed E-state index contributed by atoms with van der Waals surface area (Å²) in [5.41, 5.74) is 3.12. The van der Waals surface area contributed by atoms with Crippen LogP contribution in [0, 0.1) is 0 Å². The van der Waals surface area contributed by atoms with E-state index in [1.165, 1.54) is 11.8 Å². The number of morpholine rings is 1. The van der Waals surface area contributed by atoms with E-state index in [1.54, 1.807) is 0 Å². The highest BCUT2D eigenvalue weighted by Gasteiger charge is 2.46. The molecule has 6 nitrogen and oxygen atoms in total. The Morgan fingerprint density at radius 2 is 1.74 bits per heavy atom. The van der Waals surface area contributed by atoms with E-state index in [0.29, 0.717) is 6.61 Å². The number of carbonyl (C=O) groups is 2. The van der Waals surface area contributed by atoms with Gasteiger partial charge in [-0.05, 0) is 29.2 Å². The highest BCUT2D eigenvalue weighted by Crippen LogP contribution is 2.44. The molecular weight excluding hydrogens is 346 g/mol. The van der Waals surface area contributed by atoms with E-state index in [1.807, 2.05) is 36.4 Å². The summed E-state index contributed by atoms with van der Waals surface area (Å²) in [5.74, 6) is -1.16. The van der Waals surface area contributed by atoms with Crippen LogP contribution in [0.3, 0.4) is 0 Å². The summed E-state index contributed by atoms with van der Waals surface area (Å²) < 4.78 is 10.9. The number of hydrogen-bond acceptors (Lipinski definition) is 4. The number of fused-ring (bicyclic) bond motifs is 3. The Labute approximate surface area is 157 Å². The van der Waals surface area contributed by atoms with Crippen molar-refractivity contribution >= 4 is 12.1 Å². The van der Waals surface area contributed by atoms with Crippen LogP contribution in [0.4, 0.5) is 4.79 Å². The third-order valence-corrected chi connectivity index (χ3v) is 5.46. The summed E-state index contributed by atoms with van der Waals surface area (Å²) in [4.78, 5) is 25.6. The van der Waals surface area contributed by atoms with Gasteiger partial charge >= 0.3 is 12.1 Å². The average Bonchev–Trinajstić information content (AvgIpc) is 3.00. The second-order valence-electron chi connectivity index (χ2n) is 7.09. The number of aliphatic carboxylic acids is 1. The lowest BCUT2D eigenvalue weighted by molar-refractivity contribution is -0.159. The van der Waals surface area contributed by atoms with Gasteiger partial charge in [-0.3, -0.25) is 4.90 Å². The van der Waals surface area contributed by atoms with Crippen LogP contribution >= 0.6 is 0 Å². The zero-order chi connectivity index (χ0) is 19.0. The molecule has 6 heteroatoms. The van der Waals surface area contributed by atoms with Gasteiger partial charge in [0.25, 0.3) is 0 Å². The molecule has 0 unspecified atom stereocenters. The van der Waals surface area contributed by atoms with E-state index in [0.717, 1.165) is 22.3 Å². The number of carboxylic acid groups (broad SMARTS) is 1. The fraction of sp³-hybridized carbons (Fsp3) is 0.333. The first-order valence-electron chi connectivity index (χ1n) is 8.96. The molecule has 1 saturated heterocycles. The number of carbonyl (C=O) groups excluding carboxylic acids is 1. The smallest absolute Gasteiger partial charge is 0.410 e. The van der Waals surface area contributed by atoms with E-state index in [-0.39, 0.29) is 25.7 Å². The molecule has 2 aromatic carbocycles. The molecule has 1 amide bonds. The second-order valence-corrected chi connectivity index (χ2v) is 7.09. The molecule has 0 radical (unpaired) electrons. The molecule has 140 valence electrons. The number of ether oxygens (including phenoxy) is 2. The first kappa shape index (κ1) is 17.5. The van der Waals surface area contributed by atoms with E-state index < -0.39 is 17.6 Å². The first-order valence-corrected chi connectivity index (χ1v) is 8.96. The molecule has 0 bridgehead atoms. The molecular formula is C21H21NO5. The van der Waals surface area contributed by atoms with E-state index in [4.69, 9.17) is 9.47 Å². The van der Waals surface area contributed by atoms with Gasteiger partial charge in [-0.1, -0.05) is 48.5 Å². The van der Waals surface area contributed by atoms with Crippen LogP contribution in [0.15, 0.2) is 48.5 Å². The van der Waals surface area contributed by atoms with E-state index in [9.17, 15) is 14.7 Å². The Morgan fingerprint density at radius 1 is 1.15 bits per heavy atom.